The second kappa shape index (κ2) is 10.1. The van der Waals surface area contributed by atoms with Gasteiger partial charge in [0.2, 0.25) is 11.8 Å². The summed E-state index contributed by atoms with van der Waals surface area (Å²) in [5, 5.41) is 1.65. The smallest absolute Gasteiger partial charge is 0.305 e. The van der Waals surface area contributed by atoms with Crippen LogP contribution in [0.15, 0.2) is 87.1 Å². The minimum Gasteiger partial charge on any atom is -0.489 e. The van der Waals surface area contributed by atoms with E-state index in [1.807, 2.05) is 66.7 Å². The number of nitrogens with one attached hydrogen (secondary N) is 1. The fourth-order valence-electron chi connectivity index (χ4n) is 7.87. The highest BCUT2D eigenvalue weighted by Crippen LogP contribution is 2.69. The number of hydrogen-bond acceptors (Lipinski definition) is 6. The molecule has 7 atom stereocenters. The number of anilines is 1. The number of hydrogen-bond donors (Lipinski definition) is 1. The Kier molecular flexibility index (Phi) is 6.44. The van der Waals surface area contributed by atoms with Crippen LogP contribution in [0.3, 0.4) is 0 Å². The quantitative estimate of drug-likeness (QED) is 0.228. The molecule has 0 spiro atoms. The number of rotatable bonds is 5. The minimum atomic E-state index is -0.354. The largest absolute Gasteiger partial charge is 0.489 e. The highest BCUT2D eigenvalue weighted by atomic mass is 79.9. The number of aromatic amines is 1. The van der Waals surface area contributed by atoms with Gasteiger partial charge >= 0.3 is 4.87 Å². The number of ether oxygens (including phenoxy) is 1. The average Bonchev–Trinajstić information content (AvgIpc) is 3.72. The second-order valence-corrected chi connectivity index (χ2v) is 15.0. The van der Waals surface area contributed by atoms with E-state index in [1.54, 1.807) is 11.8 Å². The van der Waals surface area contributed by atoms with Crippen molar-refractivity contribution in [2.24, 2.45) is 29.6 Å². The summed E-state index contributed by atoms with van der Waals surface area (Å²) in [6.45, 7) is 0.356. The van der Waals surface area contributed by atoms with E-state index in [0.29, 0.717) is 17.3 Å². The molecule has 3 heterocycles. The molecule has 2 amide bonds. The van der Waals surface area contributed by atoms with E-state index >= 15 is 0 Å². The summed E-state index contributed by atoms with van der Waals surface area (Å²) in [6.07, 6.45) is 0.838. The molecule has 42 heavy (non-hydrogen) atoms. The lowest BCUT2D eigenvalue weighted by molar-refractivity contribution is -0.123. The Morgan fingerprint density at radius 3 is 2.50 bits per heavy atom. The lowest BCUT2D eigenvalue weighted by atomic mass is 9.68. The van der Waals surface area contributed by atoms with Crippen LogP contribution >= 0.6 is 50.6 Å². The van der Waals surface area contributed by atoms with Gasteiger partial charge in [0, 0.05) is 31.1 Å². The van der Waals surface area contributed by atoms with E-state index < -0.39 is 0 Å². The molecule has 8 rings (SSSR count). The highest BCUT2D eigenvalue weighted by molar-refractivity contribution is 9.10. The number of H-pyrrole nitrogens is 1. The molecule has 4 aromatic rings. The molecule has 6 nitrogen and oxygen atoms in total. The molecule has 4 aliphatic rings. The SMILES string of the molecule is O=C1C2C3CC(C2C(=O)N1c1ccc(Br)cc1)C1C3Sc2[nH]c(=O)sc2[C@@H]1c1ccccc1OCc1cccc(Cl)c1. The van der Waals surface area contributed by atoms with Gasteiger partial charge in [0.25, 0.3) is 0 Å². The predicted octanol–water partition coefficient (Wildman–Crippen LogP) is 7.11. The van der Waals surface area contributed by atoms with Crippen molar-refractivity contribution in [1.29, 1.82) is 0 Å². The molecule has 10 heteroatoms. The number of nitrogens with zero attached hydrogens (tertiary/aromatic N) is 1. The average molecular weight is 680 g/mol. The van der Waals surface area contributed by atoms with Crippen LogP contribution in [-0.2, 0) is 16.2 Å². The van der Waals surface area contributed by atoms with Crippen LogP contribution < -0.4 is 14.5 Å². The van der Waals surface area contributed by atoms with Gasteiger partial charge in [-0.3, -0.25) is 19.3 Å². The molecule has 0 radical (unpaired) electrons. The van der Waals surface area contributed by atoms with Gasteiger partial charge in [-0.1, -0.05) is 69.2 Å². The van der Waals surface area contributed by atoms with Crippen molar-refractivity contribution in [2.45, 2.75) is 29.2 Å². The molecule has 2 bridgehead atoms. The van der Waals surface area contributed by atoms with Crippen molar-refractivity contribution in [2.75, 3.05) is 4.90 Å². The van der Waals surface area contributed by atoms with Gasteiger partial charge in [0.1, 0.15) is 12.4 Å². The number of para-hydroxylation sites is 1. The first kappa shape index (κ1) is 26.8. The third-order valence-corrected chi connectivity index (χ3v) is 12.7. The van der Waals surface area contributed by atoms with Crippen molar-refractivity contribution >= 4 is 68.1 Å². The Balaban J connectivity index is 1.18. The number of thiazole rings is 1. The zero-order valence-electron chi connectivity index (χ0n) is 22.0. The number of imide groups is 1. The van der Waals surface area contributed by atoms with E-state index in [1.165, 1.54) is 16.2 Å². The summed E-state index contributed by atoms with van der Waals surface area (Å²) < 4.78 is 7.30. The summed E-state index contributed by atoms with van der Waals surface area (Å²) in [5.41, 5.74) is 2.60. The number of carbonyl (C=O) groups is 2. The Morgan fingerprint density at radius 2 is 1.71 bits per heavy atom. The zero-order chi connectivity index (χ0) is 28.7. The molecule has 212 valence electrons. The van der Waals surface area contributed by atoms with Crippen LogP contribution in [0.5, 0.6) is 5.75 Å². The van der Waals surface area contributed by atoms with E-state index in [-0.39, 0.29) is 57.4 Å². The molecule has 3 fully saturated rings. The molecular weight excluding hydrogens is 656 g/mol. The van der Waals surface area contributed by atoms with Gasteiger partial charge in [-0.25, -0.2) is 0 Å². The number of amides is 2. The van der Waals surface area contributed by atoms with E-state index in [4.69, 9.17) is 16.3 Å². The first-order chi connectivity index (χ1) is 20.4. The van der Waals surface area contributed by atoms with Gasteiger partial charge in [0.05, 0.1) is 22.5 Å². The van der Waals surface area contributed by atoms with Crippen molar-refractivity contribution < 1.29 is 14.3 Å². The zero-order valence-corrected chi connectivity index (χ0v) is 26.0. The van der Waals surface area contributed by atoms with Crippen LogP contribution in [0.25, 0.3) is 0 Å². The van der Waals surface area contributed by atoms with E-state index in [9.17, 15) is 14.4 Å². The molecule has 2 aliphatic heterocycles. The van der Waals surface area contributed by atoms with Crippen molar-refractivity contribution in [3.63, 3.8) is 0 Å². The Bertz CT molecular complexity index is 1810. The number of fused-ring (bicyclic) bond motifs is 9. The van der Waals surface area contributed by atoms with Crippen LogP contribution in [0, 0.1) is 29.6 Å². The Hall–Kier alpha value is -2.85. The molecule has 2 saturated carbocycles. The first-order valence-corrected chi connectivity index (χ1v) is 16.7. The van der Waals surface area contributed by atoms with E-state index in [2.05, 4.69) is 27.0 Å². The lowest BCUT2D eigenvalue weighted by Gasteiger charge is -2.43. The summed E-state index contributed by atoms with van der Waals surface area (Å²) in [6, 6.07) is 23.0. The molecule has 6 unspecified atom stereocenters. The minimum absolute atomic E-state index is 0.0331. The molecule has 1 saturated heterocycles. The Morgan fingerprint density at radius 1 is 0.952 bits per heavy atom. The van der Waals surface area contributed by atoms with Crippen LogP contribution in [0.2, 0.25) is 5.02 Å². The van der Waals surface area contributed by atoms with Crippen molar-refractivity contribution in [1.82, 2.24) is 4.98 Å². The number of carbonyl (C=O) groups excluding carboxylic acids is 2. The maximum absolute atomic E-state index is 14.0. The second-order valence-electron chi connectivity index (χ2n) is 11.4. The van der Waals surface area contributed by atoms with Gasteiger partial charge in [-0.15, -0.1) is 11.8 Å². The number of thioether (sulfide) groups is 1. The summed E-state index contributed by atoms with van der Waals surface area (Å²) >= 11 is 12.6. The van der Waals surface area contributed by atoms with Crippen LogP contribution in [0.4, 0.5) is 5.69 Å². The van der Waals surface area contributed by atoms with Gasteiger partial charge in [0.15, 0.2) is 0 Å². The maximum atomic E-state index is 14.0. The van der Waals surface area contributed by atoms with Gasteiger partial charge < -0.3 is 9.72 Å². The molecule has 2 aliphatic carbocycles. The maximum Gasteiger partial charge on any atom is 0.305 e. The third kappa shape index (κ3) is 4.08. The Labute approximate surface area is 263 Å². The predicted molar refractivity (Wildman–Crippen MR) is 167 cm³/mol. The lowest BCUT2D eigenvalue weighted by Crippen LogP contribution is -2.42. The third-order valence-electron chi connectivity index (χ3n) is 9.35. The van der Waals surface area contributed by atoms with Crippen LogP contribution in [-0.4, -0.2) is 22.0 Å². The van der Waals surface area contributed by atoms with Gasteiger partial charge in [-0.2, -0.15) is 0 Å². The molecule has 1 aromatic heterocycles. The summed E-state index contributed by atoms with van der Waals surface area (Å²) in [7, 11) is 0. The molecular formula is C32H24BrClN2O4S2. The molecule has 3 aromatic carbocycles. The topological polar surface area (TPSA) is 79.5 Å². The van der Waals surface area contributed by atoms with Crippen molar-refractivity contribution in [3.05, 3.63) is 108 Å². The normalized spacial score (nSPS) is 29.0. The summed E-state index contributed by atoms with van der Waals surface area (Å²) in [5.74, 6) is -0.0512. The highest BCUT2D eigenvalue weighted by Gasteiger charge is 2.69. The number of halogens is 2. The van der Waals surface area contributed by atoms with Crippen molar-refractivity contribution in [3.8, 4) is 5.75 Å². The monoisotopic (exact) mass is 678 g/mol. The van der Waals surface area contributed by atoms with Crippen LogP contribution in [0.1, 0.15) is 28.3 Å². The van der Waals surface area contributed by atoms with Gasteiger partial charge in [-0.05, 0) is 72.2 Å². The first-order valence-electron chi connectivity index (χ1n) is 13.9. The number of benzene rings is 3. The fourth-order valence-corrected chi connectivity index (χ4v) is 11.2. The van der Waals surface area contributed by atoms with E-state index in [0.717, 1.165) is 37.7 Å². The standard InChI is InChI=1S/C32H24BrClN2O4S2/c33-16-8-10-18(11-9-16)36-30(37)25-20-13-21(26(25)31(36)38)27-24(20)23(28-29(41-27)35-32(39)42-28)19-6-1-2-7-22(19)40-14-15-4-3-5-17(34)12-15/h1-12,20-21,23-27H,13-14H2,(H,35,39)/t20?,21?,23-,24?,25?,26?,27?/m1/s1. The molecule has 1 N–H and O–H groups in total. The number of aromatic nitrogens is 1. The fraction of sp³-hybridized carbons (Fsp3) is 0.281. The summed E-state index contributed by atoms with van der Waals surface area (Å²) in [4.78, 5) is 45.9.